The molecule has 0 aromatic heterocycles. The van der Waals surface area contributed by atoms with Crippen LogP contribution in [0.4, 0.5) is 0 Å². The lowest BCUT2D eigenvalue weighted by molar-refractivity contribution is -0.130. The normalized spacial score (nSPS) is 21.1. The van der Waals surface area contributed by atoms with Gasteiger partial charge in [-0.15, -0.1) is 0 Å². The fourth-order valence-electron chi connectivity index (χ4n) is 4.23. The van der Waals surface area contributed by atoms with Gasteiger partial charge in [0.25, 0.3) is 0 Å². The molecule has 0 unspecified atom stereocenters. The van der Waals surface area contributed by atoms with Gasteiger partial charge < -0.3 is 15.1 Å². The van der Waals surface area contributed by atoms with E-state index in [2.05, 4.69) is 5.32 Å². The summed E-state index contributed by atoms with van der Waals surface area (Å²) in [5, 5.41) is 25.0. The van der Waals surface area contributed by atoms with Gasteiger partial charge in [0.05, 0.1) is 0 Å². The number of carbonyl (C=O) groups is 1. The Bertz CT molecular complexity index is 968. The average molecular weight is 414 g/mol. The molecule has 6 nitrogen and oxygen atoms in total. The zero-order chi connectivity index (χ0) is 20.6. The molecule has 3 N–H and O–H groups in total. The minimum absolute atomic E-state index is 0.0598. The summed E-state index contributed by atoms with van der Waals surface area (Å²) in [5.41, 5.74) is 1.57. The van der Waals surface area contributed by atoms with Gasteiger partial charge in [-0.1, -0.05) is 29.8 Å². The van der Waals surface area contributed by atoms with Gasteiger partial charge in [-0.2, -0.15) is 0 Å². The predicted molar refractivity (Wildman–Crippen MR) is 112 cm³/mol. The molecule has 152 valence electrons. The van der Waals surface area contributed by atoms with E-state index in [1.807, 2.05) is 17.0 Å². The monoisotopic (exact) mass is 413 g/mol. The highest BCUT2D eigenvalue weighted by atomic mass is 35.5. The Morgan fingerprint density at radius 3 is 2.59 bits per heavy atom. The topological polar surface area (TPSA) is 85.2 Å². The predicted octanol–water partition coefficient (Wildman–Crippen LogP) is 3.61. The first-order valence-corrected chi connectivity index (χ1v) is 10.1. The summed E-state index contributed by atoms with van der Waals surface area (Å²) in [6.07, 6.45) is 1.81. The van der Waals surface area contributed by atoms with Crippen LogP contribution in [0.2, 0.25) is 5.02 Å². The lowest BCUT2D eigenvalue weighted by atomic mass is 9.87. The van der Waals surface area contributed by atoms with Crippen molar-refractivity contribution in [2.24, 2.45) is 4.99 Å². The van der Waals surface area contributed by atoms with Crippen molar-refractivity contribution in [3.63, 3.8) is 0 Å². The van der Waals surface area contributed by atoms with E-state index in [9.17, 15) is 15.0 Å². The largest absolute Gasteiger partial charge is 0.508 e. The van der Waals surface area contributed by atoms with Crippen LogP contribution in [0.15, 0.2) is 47.5 Å². The molecule has 0 aliphatic carbocycles. The summed E-state index contributed by atoms with van der Waals surface area (Å²) in [6.45, 7) is 2.79. The second-order valence-electron chi connectivity index (χ2n) is 7.72. The maximum Gasteiger partial charge on any atom is 0.219 e. The highest BCUT2D eigenvalue weighted by molar-refractivity contribution is 6.31. The van der Waals surface area contributed by atoms with Gasteiger partial charge in [-0.25, -0.2) is 0 Å². The summed E-state index contributed by atoms with van der Waals surface area (Å²) in [4.78, 5) is 18.6. The molecule has 2 aliphatic heterocycles. The zero-order valence-electron chi connectivity index (χ0n) is 16.2. The fraction of sp³-hybridized carbons (Fsp3) is 0.364. The Hall–Kier alpha value is -2.57. The van der Waals surface area contributed by atoms with Gasteiger partial charge >= 0.3 is 0 Å². The van der Waals surface area contributed by atoms with Crippen molar-refractivity contribution in [1.29, 1.82) is 0 Å². The number of carbonyl (C=O) groups excluding carboxylic acids is 1. The van der Waals surface area contributed by atoms with Crippen molar-refractivity contribution in [2.45, 2.75) is 37.9 Å². The zero-order valence-corrected chi connectivity index (χ0v) is 17.0. The van der Waals surface area contributed by atoms with Crippen molar-refractivity contribution in [1.82, 2.24) is 10.2 Å². The van der Waals surface area contributed by atoms with E-state index in [1.54, 1.807) is 37.3 Å². The van der Waals surface area contributed by atoms with Crippen LogP contribution in [-0.2, 0) is 4.79 Å². The summed E-state index contributed by atoms with van der Waals surface area (Å²) < 4.78 is 0. The lowest BCUT2D eigenvalue weighted by Crippen LogP contribution is -2.56. The number of phenols is 2. The molecule has 2 aromatic rings. The van der Waals surface area contributed by atoms with Crippen LogP contribution in [0.5, 0.6) is 11.5 Å². The molecule has 1 saturated heterocycles. The molecular weight excluding hydrogens is 390 g/mol. The third kappa shape index (κ3) is 3.95. The van der Waals surface area contributed by atoms with E-state index in [1.165, 1.54) is 0 Å². The number of nitrogens with zero attached hydrogens (tertiary/aromatic N) is 2. The molecule has 1 spiro atoms. The first kappa shape index (κ1) is 19.7. The maximum absolute atomic E-state index is 11.8. The van der Waals surface area contributed by atoms with Crippen LogP contribution in [0, 0.1) is 0 Å². The summed E-state index contributed by atoms with van der Waals surface area (Å²) in [6, 6.07) is 12.0. The van der Waals surface area contributed by atoms with Gasteiger partial charge in [-0.05, 0) is 24.3 Å². The summed E-state index contributed by atoms with van der Waals surface area (Å²) in [7, 11) is 0. The van der Waals surface area contributed by atoms with Gasteiger partial charge in [0.2, 0.25) is 5.91 Å². The number of nitrogens with one attached hydrogen (secondary N) is 1. The molecule has 1 amide bonds. The molecule has 2 aliphatic rings. The first-order chi connectivity index (χ1) is 13.9. The van der Waals surface area contributed by atoms with E-state index >= 15 is 0 Å². The van der Waals surface area contributed by atoms with Gasteiger partial charge in [0, 0.05) is 67.2 Å². The average Bonchev–Trinajstić information content (AvgIpc) is 2.70. The number of likely N-dealkylation sites (tertiary alicyclic amines) is 1. The van der Waals surface area contributed by atoms with Crippen LogP contribution in [0.1, 0.15) is 43.4 Å². The summed E-state index contributed by atoms with van der Waals surface area (Å²) in [5.74, 6) is 0.407. The van der Waals surface area contributed by atoms with Crippen molar-refractivity contribution < 1.29 is 15.0 Å². The molecule has 1 fully saturated rings. The second kappa shape index (κ2) is 7.69. The number of piperidine rings is 1. The third-order valence-electron chi connectivity index (χ3n) is 5.81. The molecule has 29 heavy (non-hydrogen) atoms. The third-order valence-corrected chi connectivity index (χ3v) is 6.04. The van der Waals surface area contributed by atoms with Crippen LogP contribution in [-0.4, -0.2) is 45.5 Å². The molecule has 7 heteroatoms. The fourth-order valence-corrected chi connectivity index (χ4v) is 4.40. The smallest absolute Gasteiger partial charge is 0.219 e. The van der Waals surface area contributed by atoms with E-state index in [0.29, 0.717) is 42.9 Å². The number of aromatic hydroxyl groups is 2. The number of aliphatic imine (C=N–C) groups is 1. The Morgan fingerprint density at radius 1 is 1.17 bits per heavy atom. The Labute approximate surface area is 174 Å². The number of hydrogen-bond acceptors (Lipinski definition) is 5. The molecule has 2 heterocycles. The van der Waals surface area contributed by atoms with Crippen LogP contribution in [0.3, 0.4) is 0 Å². The Kier molecular flexibility index (Phi) is 5.23. The minimum atomic E-state index is -0.568. The highest BCUT2D eigenvalue weighted by Gasteiger charge is 2.41. The minimum Gasteiger partial charge on any atom is -0.508 e. The molecule has 4 rings (SSSR count). The van der Waals surface area contributed by atoms with Crippen molar-refractivity contribution >= 4 is 23.2 Å². The number of halogens is 1. The standard InChI is InChI=1S/C22H24ClN3O3/c1-14(27)26-10-8-22(9-11-26)24-18(16-4-2-3-5-20(16)28)13-19(25-22)17-12-15(23)6-7-21(17)29/h2-7,12,18,24,28-29H,8-11,13H2,1H3/t18-/m0/s1. The van der Waals surface area contributed by atoms with Crippen molar-refractivity contribution in [3.05, 3.63) is 58.6 Å². The molecule has 1 atom stereocenters. The Morgan fingerprint density at radius 2 is 1.90 bits per heavy atom. The Balaban J connectivity index is 1.75. The number of para-hydroxylation sites is 1. The number of phenolic OH excluding ortho intramolecular Hbond substituents is 2. The second-order valence-corrected chi connectivity index (χ2v) is 8.15. The van der Waals surface area contributed by atoms with Gasteiger partial charge in [0.1, 0.15) is 17.2 Å². The molecule has 0 radical (unpaired) electrons. The maximum atomic E-state index is 11.8. The quantitative estimate of drug-likeness (QED) is 0.702. The molecule has 0 saturated carbocycles. The summed E-state index contributed by atoms with van der Waals surface area (Å²) >= 11 is 6.18. The number of benzene rings is 2. The van der Waals surface area contributed by atoms with Crippen LogP contribution < -0.4 is 5.32 Å². The van der Waals surface area contributed by atoms with Gasteiger partial charge in [-0.3, -0.25) is 15.1 Å². The number of amides is 1. The first-order valence-electron chi connectivity index (χ1n) is 9.76. The van der Waals surface area contributed by atoms with Crippen LogP contribution >= 0.6 is 11.6 Å². The van der Waals surface area contributed by atoms with E-state index < -0.39 is 5.66 Å². The van der Waals surface area contributed by atoms with Crippen molar-refractivity contribution in [2.75, 3.05) is 13.1 Å². The van der Waals surface area contributed by atoms with E-state index in [4.69, 9.17) is 16.6 Å². The van der Waals surface area contributed by atoms with Crippen LogP contribution in [0.25, 0.3) is 0 Å². The molecule has 0 bridgehead atoms. The van der Waals surface area contributed by atoms with Crippen molar-refractivity contribution in [3.8, 4) is 11.5 Å². The SMILES string of the molecule is CC(=O)N1CCC2(CC1)N=C(c1cc(Cl)ccc1O)C[C@@H](c1ccccc1O)N2. The molecule has 2 aromatic carbocycles. The molecular formula is C22H24ClN3O3. The van der Waals surface area contributed by atoms with E-state index in [0.717, 1.165) is 11.3 Å². The number of hydrogen-bond donors (Lipinski definition) is 3. The van der Waals surface area contributed by atoms with E-state index in [-0.39, 0.29) is 23.4 Å². The number of rotatable bonds is 2. The van der Waals surface area contributed by atoms with Gasteiger partial charge in [0.15, 0.2) is 0 Å². The lowest BCUT2D eigenvalue weighted by Gasteiger charge is -2.45. The highest BCUT2D eigenvalue weighted by Crippen LogP contribution is 2.38.